The van der Waals surface area contributed by atoms with Crippen molar-refractivity contribution < 1.29 is 4.74 Å². The highest BCUT2D eigenvalue weighted by Crippen LogP contribution is 2.25. The lowest BCUT2D eigenvalue weighted by molar-refractivity contribution is 0.242. The first-order valence-corrected chi connectivity index (χ1v) is 8.73. The van der Waals surface area contributed by atoms with Gasteiger partial charge in [-0.25, -0.2) is 0 Å². The standard InChI is InChI=1S/C17H29NOS/c1-6-14(5)20-12-17(18-7-2)15-9-8-10-16(11-15)19-13(3)4/h8-11,13-14,17-18H,6-7,12H2,1-5H3. The van der Waals surface area contributed by atoms with Crippen LogP contribution in [0.5, 0.6) is 5.75 Å². The Labute approximate surface area is 128 Å². The van der Waals surface area contributed by atoms with Crippen LogP contribution in [0.4, 0.5) is 0 Å². The van der Waals surface area contributed by atoms with Gasteiger partial charge in [-0.2, -0.15) is 11.8 Å². The Morgan fingerprint density at radius 1 is 1.20 bits per heavy atom. The maximum atomic E-state index is 5.80. The minimum Gasteiger partial charge on any atom is -0.491 e. The highest BCUT2D eigenvalue weighted by Gasteiger charge is 2.13. The van der Waals surface area contributed by atoms with Gasteiger partial charge in [0.1, 0.15) is 5.75 Å². The highest BCUT2D eigenvalue weighted by atomic mass is 32.2. The summed E-state index contributed by atoms with van der Waals surface area (Å²) in [6.45, 7) is 11.8. The fourth-order valence-electron chi connectivity index (χ4n) is 1.97. The monoisotopic (exact) mass is 295 g/mol. The number of thioether (sulfide) groups is 1. The van der Waals surface area contributed by atoms with E-state index in [0.29, 0.717) is 11.3 Å². The molecule has 0 bridgehead atoms. The minimum atomic E-state index is 0.220. The van der Waals surface area contributed by atoms with Crippen molar-refractivity contribution >= 4 is 11.8 Å². The molecule has 1 rings (SSSR count). The van der Waals surface area contributed by atoms with Crippen molar-refractivity contribution in [2.24, 2.45) is 0 Å². The van der Waals surface area contributed by atoms with E-state index in [9.17, 15) is 0 Å². The number of rotatable bonds is 9. The van der Waals surface area contributed by atoms with Crippen LogP contribution >= 0.6 is 11.8 Å². The Kier molecular flexibility index (Phi) is 8.08. The van der Waals surface area contributed by atoms with Gasteiger partial charge in [0, 0.05) is 17.0 Å². The second-order valence-electron chi connectivity index (χ2n) is 5.40. The van der Waals surface area contributed by atoms with Crippen LogP contribution in [0.1, 0.15) is 52.6 Å². The van der Waals surface area contributed by atoms with Crippen molar-refractivity contribution in [2.75, 3.05) is 12.3 Å². The maximum Gasteiger partial charge on any atom is 0.120 e. The van der Waals surface area contributed by atoms with E-state index in [1.807, 2.05) is 17.8 Å². The lowest BCUT2D eigenvalue weighted by Gasteiger charge is -2.21. The molecule has 1 aromatic rings. The van der Waals surface area contributed by atoms with Gasteiger partial charge in [-0.3, -0.25) is 0 Å². The van der Waals surface area contributed by atoms with Crippen LogP contribution < -0.4 is 10.1 Å². The van der Waals surface area contributed by atoms with Crippen molar-refractivity contribution in [3.8, 4) is 5.75 Å². The lowest BCUT2D eigenvalue weighted by atomic mass is 10.1. The molecule has 20 heavy (non-hydrogen) atoms. The highest BCUT2D eigenvalue weighted by molar-refractivity contribution is 7.99. The average Bonchev–Trinajstić information content (AvgIpc) is 2.42. The number of nitrogens with one attached hydrogen (secondary N) is 1. The van der Waals surface area contributed by atoms with Gasteiger partial charge in [0.25, 0.3) is 0 Å². The van der Waals surface area contributed by atoms with Crippen LogP contribution in [-0.4, -0.2) is 23.7 Å². The first-order valence-electron chi connectivity index (χ1n) is 7.68. The summed E-state index contributed by atoms with van der Waals surface area (Å²) >= 11 is 2.04. The van der Waals surface area contributed by atoms with Gasteiger partial charge in [0.15, 0.2) is 0 Å². The van der Waals surface area contributed by atoms with E-state index in [0.717, 1.165) is 18.0 Å². The molecule has 3 heteroatoms. The Morgan fingerprint density at radius 3 is 2.55 bits per heavy atom. The van der Waals surface area contributed by atoms with E-state index in [-0.39, 0.29) is 6.10 Å². The van der Waals surface area contributed by atoms with Gasteiger partial charge in [-0.15, -0.1) is 0 Å². The number of ether oxygens (including phenoxy) is 1. The Balaban J connectivity index is 2.74. The summed E-state index contributed by atoms with van der Waals surface area (Å²) in [7, 11) is 0. The van der Waals surface area contributed by atoms with Crippen molar-refractivity contribution in [2.45, 2.75) is 58.4 Å². The van der Waals surface area contributed by atoms with Crippen molar-refractivity contribution in [1.82, 2.24) is 5.32 Å². The van der Waals surface area contributed by atoms with E-state index in [1.165, 1.54) is 12.0 Å². The van der Waals surface area contributed by atoms with Crippen molar-refractivity contribution in [3.05, 3.63) is 29.8 Å². The quantitative estimate of drug-likeness (QED) is 0.716. The Morgan fingerprint density at radius 2 is 1.95 bits per heavy atom. The Hall–Kier alpha value is -0.670. The molecule has 0 fully saturated rings. The zero-order chi connectivity index (χ0) is 15.0. The summed E-state index contributed by atoms with van der Waals surface area (Å²) in [5.74, 6) is 2.07. The molecule has 2 atom stereocenters. The van der Waals surface area contributed by atoms with E-state index in [2.05, 4.69) is 58.1 Å². The summed E-state index contributed by atoms with van der Waals surface area (Å²) in [4.78, 5) is 0. The molecule has 0 aliphatic heterocycles. The fraction of sp³-hybridized carbons (Fsp3) is 0.647. The smallest absolute Gasteiger partial charge is 0.120 e. The van der Waals surface area contributed by atoms with Gasteiger partial charge >= 0.3 is 0 Å². The largest absolute Gasteiger partial charge is 0.491 e. The fourth-order valence-corrected chi connectivity index (χ4v) is 3.04. The van der Waals surface area contributed by atoms with Crippen LogP contribution in [0.2, 0.25) is 0 Å². The van der Waals surface area contributed by atoms with Crippen molar-refractivity contribution in [3.63, 3.8) is 0 Å². The van der Waals surface area contributed by atoms with Gasteiger partial charge < -0.3 is 10.1 Å². The van der Waals surface area contributed by atoms with Gasteiger partial charge in [-0.1, -0.05) is 32.9 Å². The van der Waals surface area contributed by atoms with Crippen LogP contribution in [0.3, 0.4) is 0 Å². The SMILES string of the molecule is CCNC(CSC(C)CC)c1cccc(OC(C)C)c1. The van der Waals surface area contributed by atoms with Crippen LogP contribution in [0, 0.1) is 0 Å². The van der Waals surface area contributed by atoms with Gasteiger partial charge in [0.2, 0.25) is 0 Å². The topological polar surface area (TPSA) is 21.3 Å². The van der Waals surface area contributed by atoms with E-state index in [1.54, 1.807) is 0 Å². The predicted octanol–water partition coefficient (Wildman–Crippen LogP) is 4.66. The summed E-state index contributed by atoms with van der Waals surface area (Å²) in [6.07, 6.45) is 1.44. The summed E-state index contributed by atoms with van der Waals surface area (Å²) in [6, 6.07) is 8.89. The zero-order valence-corrected chi connectivity index (χ0v) is 14.3. The molecule has 0 aromatic heterocycles. The normalized spacial score (nSPS) is 14.3. The molecule has 0 radical (unpaired) electrons. The molecule has 1 aromatic carbocycles. The van der Waals surface area contributed by atoms with Crippen LogP contribution in [0.15, 0.2) is 24.3 Å². The Bertz CT molecular complexity index is 381. The lowest BCUT2D eigenvalue weighted by Crippen LogP contribution is -2.23. The molecule has 2 nitrogen and oxygen atoms in total. The van der Waals surface area contributed by atoms with Gasteiger partial charge in [-0.05, 0) is 44.5 Å². The first kappa shape index (κ1) is 17.4. The van der Waals surface area contributed by atoms with Crippen molar-refractivity contribution in [1.29, 1.82) is 0 Å². The summed E-state index contributed by atoms with van der Waals surface area (Å²) in [5.41, 5.74) is 1.32. The number of hydrogen-bond acceptors (Lipinski definition) is 3. The van der Waals surface area contributed by atoms with Gasteiger partial charge in [0.05, 0.1) is 6.10 Å². The third-order valence-corrected chi connectivity index (χ3v) is 4.63. The van der Waals surface area contributed by atoms with Crippen LogP contribution in [0.25, 0.3) is 0 Å². The third kappa shape index (κ3) is 6.19. The zero-order valence-electron chi connectivity index (χ0n) is 13.5. The summed E-state index contributed by atoms with van der Waals surface area (Å²) in [5, 5.41) is 4.30. The number of benzene rings is 1. The molecule has 0 aliphatic rings. The third-order valence-electron chi connectivity index (χ3n) is 3.21. The minimum absolute atomic E-state index is 0.220. The summed E-state index contributed by atoms with van der Waals surface area (Å²) < 4.78 is 5.80. The van der Waals surface area contributed by atoms with Crippen LogP contribution in [-0.2, 0) is 0 Å². The molecule has 0 spiro atoms. The second kappa shape index (κ2) is 9.30. The molecule has 114 valence electrons. The molecule has 1 N–H and O–H groups in total. The second-order valence-corrected chi connectivity index (χ2v) is 6.87. The molecule has 2 unspecified atom stereocenters. The molecule has 0 heterocycles. The molecule has 0 amide bonds. The van der Waals surface area contributed by atoms with E-state index < -0.39 is 0 Å². The molecule has 0 saturated carbocycles. The van der Waals surface area contributed by atoms with E-state index >= 15 is 0 Å². The first-order chi connectivity index (χ1) is 9.56. The molecular formula is C17H29NOS. The van der Waals surface area contributed by atoms with E-state index in [4.69, 9.17) is 4.74 Å². The molecular weight excluding hydrogens is 266 g/mol. The molecule has 0 saturated heterocycles. The maximum absolute atomic E-state index is 5.80. The predicted molar refractivity (Wildman–Crippen MR) is 90.8 cm³/mol. The number of hydrogen-bond donors (Lipinski definition) is 1. The molecule has 0 aliphatic carbocycles. The average molecular weight is 295 g/mol.